The Bertz CT molecular complexity index is 575. The molecule has 0 spiro atoms. The maximum Gasteiger partial charge on any atom is 0.123 e. The van der Waals surface area contributed by atoms with Gasteiger partial charge in [0.25, 0.3) is 0 Å². The van der Waals surface area contributed by atoms with Gasteiger partial charge < -0.3 is 15.8 Å². The number of anilines is 2. The van der Waals surface area contributed by atoms with E-state index >= 15 is 0 Å². The molecule has 0 radical (unpaired) electrons. The van der Waals surface area contributed by atoms with Crippen molar-refractivity contribution in [3.8, 4) is 5.75 Å². The quantitative estimate of drug-likeness (QED) is 0.844. The van der Waals surface area contributed by atoms with Crippen molar-refractivity contribution in [2.45, 2.75) is 12.5 Å². The number of halogens is 1. The molecule has 1 heterocycles. The van der Waals surface area contributed by atoms with Gasteiger partial charge in [0.2, 0.25) is 0 Å². The van der Waals surface area contributed by atoms with E-state index in [9.17, 15) is 0 Å². The minimum absolute atomic E-state index is 0.135. The average molecular weight is 275 g/mol. The number of nitrogen functional groups attached to an aromatic ring is 1. The van der Waals surface area contributed by atoms with E-state index in [2.05, 4.69) is 11.4 Å². The van der Waals surface area contributed by atoms with Gasteiger partial charge in [-0.2, -0.15) is 0 Å². The number of para-hydroxylation sites is 2. The Morgan fingerprint density at radius 2 is 2.05 bits per heavy atom. The number of hydrogen-bond acceptors (Lipinski definition) is 3. The Balaban J connectivity index is 1.64. The molecule has 0 fully saturated rings. The van der Waals surface area contributed by atoms with Crippen LogP contribution in [-0.2, 0) is 6.42 Å². The van der Waals surface area contributed by atoms with Crippen LogP contribution in [0, 0.1) is 0 Å². The third-order valence-corrected chi connectivity index (χ3v) is 3.62. The van der Waals surface area contributed by atoms with E-state index in [4.69, 9.17) is 22.1 Å². The summed E-state index contributed by atoms with van der Waals surface area (Å²) in [5, 5.41) is 3.87. The number of nitrogens with one attached hydrogen (secondary N) is 1. The first-order valence-corrected chi connectivity index (χ1v) is 6.64. The summed E-state index contributed by atoms with van der Waals surface area (Å²) in [4.78, 5) is 0. The molecule has 0 bridgehead atoms. The van der Waals surface area contributed by atoms with Gasteiger partial charge in [-0.3, -0.25) is 0 Å². The molecular formula is C15H15ClN2O. The van der Waals surface area contributed by atoms with Gasteiger partial charge in [-0.25, -0.2) is 0 Å². The molecular weight excluding hydrogens is 260 g/mol. The summed E-state index contributed by atoms with van der Waals surface area (Å²) in [6.45, 7) is 0.708. The van der Waals surface area contributed by atoms with Crippen molar-refractivity contribution in [3.05, 3.63) is 53.1 Å². The Hall–Kier alpha value is -1.87. The zero-order chi connectivity index (χ0) is 13.2. The van der Waals surface area contributed by atoms with Crippen LogP contribution in [0.25, 0.3) is 0 Å². The molecule has 2 aromatic carbocycles. The fraction of sp³-hybridized carbons (Fsp3) is 0.200. The van der Waals surface area contributed by atoms with E-state index in [0.29, 0.717) is 17.3 Å². The Morgan fingerprint density at radius 3 is 2.89 bits per heavy atom. The van der Waals surface area contributed by atoms with Crippen LogP contribution in [0.1, 0.15) is 5.56 Å². The predicted octanol–water partition coefficient (Wildman–Crippen LogP) is 3.34. The van der Waals surface area contributed by atoms with Gasteiger partial charge in [-0.05, 0) is 23.8 Å². The van der Waals surface area contributed by atoms with Crippen molar-refractivity contribution in [2.24, 2.45) is 0 Å². The molecule has 1 aliphatic heterocycles. The van der Waals surface area contributed by atoms with Crippen LogP contribution >= 0.6 is 11.6 Å². The lowest BCUT2D eigenvalue weighted by molar-refractivity contribution is 0.246. The number of ether oxygens (including phenoxy) is 1. The number of benzene rings is 2. The fourth-order valence-electron chi connectivity index (χ4n) is 2.28. The lowest BCUT2D eigenvalue weighted by Crippen LogP contribution is -2.24. The van der Waals surface area contributed by atoms with Crippen molar-refractivity contribution in [3.63, 3.8) is 0 Å². The molecule has 3 rings (SSSR count). The highest BCUT2D eigenvalue weighted by Crippen LogP contribution is 2.30. The smallest absolute Gasteiger partial charge is 0.123 e. The molecule has 1 atom stereocenters. The molecule has 1 unspecified atom stereocenters. The Morgan fingerprint density at radius 1 is 1.21 bits per heavy atom. The summed E-state index contributed by atoms with van der Waals surface area (Å²) < 4.78 is 5.86. The van der Waals surface area contributed by atoms with Gasteiger partial charge in [-0.1, -0.05) is 35.9 Å². The third kappa shape index (κ3) is 2.47. The van der Waals surface area contributed by atoms with Crippen molar-refractivity contribution in [1.29, 1.82) is 0 Å². The summed E-state index contributed by atoms with van der Waals surface area (Å²) >= 11 is 5.99. The minimum atomic E-state index is 0.135. The molecule has 0 saturated heterocycles. The van der Waals surface area contributed by atoms with E-state index in [-0.39, 0.29) is 6.10 Å². The molecule has 19 heavy (non-hydrogen) atoms. The van der Waals surface area contributed by atoms with Gasteiger partial charge in [0.05, 0.1) is 22.9 Å². The molecule has 0 aliphatic carbocycles. The number of fused-ring (bicyclic) bond motifs is 1. The van der Waals surface area contributed by atoms with Crippen LogP contribution in [0.15, 0.2) is 42.5 Å². The van der Waals surface area contributed by atoms with E-state index in [1.807, 2.05) is 30.3 Å². The number of rotatable bonds is 3. The molecule has 3 nitrogen and oxygen atoms in total. The maximum atomic E-state index is 5.99. The monoisotopic (exact) mass is 274 g/mol. The lowest BCUT2D eigenvalue weighted by atomic mass is 10.1. The molecule has 0 aromatic heterocycles. The van der Waals surface area contributed by atoms with Crippen molar-refractivity contribution in [2.75, 3.05) is 17.6 Å². The largest absolute Gasteiger partial charge is 0.488 e. The maximum absolute atomic E-state index is 5.99. The Kier molecular flexibility index (Phi) is 3.22. The van der Waals surface area contributed by atoms with E-state index in [0.717, 1.165) is 17.9 Å². The highest BCUT2D eigenvalue weighted by Gasteiger charge is 2.22. The highest BCUT2D eigenvalue weighted by molar-refractivity contribution is 6.33. The van der Waals surface area contributed by atoms with Crippen molar-refractivity contribution >= 4 is 23.0 Å². The molecule has 0 saturated carbocycles. The lowest BCUT2D eigenvalue weighted by Gasteiger charge is -2.14. The van der Waals surface area contributed by atoms with E-state index < -0.39 is 0 Å². The summed E-state index contributed by atoms with van der Waals surface area (Å²) in [5.74, 6) is 0.980. The van der Waals surface area contributed by atoms with Gasteiger partial charge in [0.15, 0.2) is 0 Å². The third-order valence-electron chi connectivity index (χ3n) is 3.29. The second-order valence-electron chi connectivity index (χ2n) is 4.63. The second kappa shape index (κ2) is 5.02. The summed E-state index contributed by atoms with van der Waals surface area (Å²) in [6.07, 6.45) is 1.06. The summed E-state index contributed by atoms with van der Waals surface area (Å²) in [6, 6.07) is 13.7. The summed E-state index contributed by atoms with van der Waals surface area (Å²) in [7, 11) is 0. The first-order valence-electron chi connectivity index (χ1n) is 6.26. The first-order chi connectivity index (χ1) is 9.24. The minimum Gasteiger partial charge on any atom is -0.488 e. The SMILES string of the molecule is Nc1c(Cl)cccc1NCC1Cc2ccccc2O1. The summed E-state index contributed by atoms with van der Waals surface area (Å²) in [5.41, 5.74) is 8.61. The van der Waals surface area contributed by atoms with E-state index in [1.165, 1.54) is 5.56 Å². The van der Waals surface area contributed by atoms with Crippen LogP contribution in [0.3, 0.4) is 0 Å². The molecule has 2 aromatic rings. The topological polar surface area (TPSA) is 47.3 Å². The van der Waals surface area contributed by atoms with Crippen LogP contribution < -0.4 is 15.8 Å². The number of nitrogens with two attached hydrogens (primary N) is 1. The van der Waals surface area contributed by atoms with Gasteiger partial charge in [-0.15, -0.1) is 0 Å². The average Bonchev–Trinajstić information content (AvgIpc) is 2.83. The first kappa shape index (κ1) is 12.2. The van der Waals surface area contributed by atoms with Gasteiger partial charge in [0, 0.05) is 6.42 Å². The molecule has 0 amide bonds. The second-order valence-corrected chi connectivity index (χ2v) is 5.04. The molecule has 4 heteroatoms. The Labute approximate surface area is 117 Å². The predicted molar refractivity (Wildman–Crippen MR) is 78.9 cm³/mol. The fourth-order valence-corrected chi connectivity index (χ4v) is 2.46. The molecule has 98 valence electrons. The van der Waals surface area contributed by atoms with Crippen LogP contribution in [0.4, 0.5) is 11.4 Å². The molecule has 1 aliphatic rings. The van der Waals surface area contributed by atoms with Crippen molar-refractivity contribution in [1.82, 2.24) is 0 Å². The number of hydrogen-bond donors (Lipinski definition) is 2. The van der Waals surface area contributed by atoms with Crippen LogP contribution in [-0.4, -0.2) is 12.6 Å². The van der Waals surface area contributed by atoms with E-state index in [1.54, 1.807) is 6.07 Å². The van der Waals surface area contributed by atoms with Crippen LogP contribution in [0.2, 0.25) is 5.02 Å². The van der Waals surface area contributed by atoms with Gasteiger partial charge in [0.1, 0.15) is 11.9 Å². The highest BCUT2D eigenvalue weighted by atomic mass is 35.5. The molecule has 3 N–H and O–H groups in total. The zero-order valence-corrected chi connectivity index (χ0v) is 11.2. The van der Waals surface area contributed by atoms with Gasteiger partial charge >= 0.3 is 0 Å². The normalized spacial score (nSPS) is 16.8. The standard InChI is InChI=1S/C15H15ClN2O/c16-12-5-3-6-13(15(12)17)18-9-11-8-10-4-1-2-7-14(10)19-11/h1-7,11,18H,8-9,17H2. The van der Waals surface area contributed by atoms with Crippen LogP contribution in [0.5, 0.6) is 5.75 Å². The van der Waals surface area contributed by atoms with Crippen molar-refractivity contribution < 1.29 is 4.74 Å². The zero-order valence-electron chi connectivity index (χ0n) is 10.4.